The van der Waals surface area contributed by atoms with Gasteiger partial charge in [-0.05, 0) is 42.2 Å². The van der Waals surface area contributed by atoms with Crippen molar-refractivity contribution in [3.8, 4) is 0 Å². The highest BCUT2D eigenvalue weighted by atomic mass is 31.2. The molecule has 1 fully saturated rings. The number of carbonyl (C=O) groups is 1. The van der Waals surface area contributed by atoms with Gasteiger partial charge in [0.15, 0.2) is 0 Å². The summed E-state index contributed by atoms with van der Waals surface area (Å²) in [6.45, 7) is 0. The molecule has 0 bridgehead atoms. The molecule has 3 aromatic rings. The number of nitrogens with one attached hydrogen (secondary N) is 1. The van der Waals surface area contributed by atoms with Crippen LogP contribution in [0.3, 0.4) is 0 Å². The van der Waals surface area contributed by atoms with E-state index in [1.807, 2.05) is 91.0 Å². The van der Waals surface area contributed by atoms with Crippen LogP contribution in [0, 0.1) is 11.8 Å². The molecule has 4 nitrogen and oxygen atoms in total. The normalized spacial score (nSPS) is 19.7. The zero-order valence-corrected chi connectivity index (χ0v) is 16.2. The first-order valence-electron chi connectivity index (χ1n) is 9.36. The second-order valence-electron chi connectivity index (χ2n) is 7.14. The summed E-state index contributed by atoms with van der Waals surface area (Å²) in [5, 5.41) is 14.3. The number of carboxylic acids is 1. The van der Waals surface area contributed by atoms with Crippen molar-refractivity contribution in [2.45, 2.75) is 12.5 Å². The summed E-state index contributed by atoms with van der Waals surface area (Å²) in [5.74, 6) is -1.28. The Bertz CT molecular complexity index is 949. The Morgan fingerprint density at radius 1 is 0.857 bits per heavy atom. The maximum Gasteiger partial charge on any atom is 0.306 e. The van der Waals surface area contributed by atoms with Gasteiger partial charge in [0.05, 0.1) is 5.92 Å². The molecule has 2 N–H and O–H groups in total. The minimum absolute atomic E-state index is 0.0827. The SMILES string of the molecule is O=C(O)[C@@H]1C[C@@H]1[C@@H](NP(=O)(c1ccccc1)c1ccccc1)c1ccccc1. The van der Waals surface area contributed by atoms with Gasteiger partial charge < -0.3 is 5.11 Å². The van der Waals surface area contributed by atoms with Gasteiger partial charge in [0.25, 0.3) is 0 Å². The maximum absolute atomic E-state index is 14.4. The lowest BCUT2D eigenvalue weighted by molar-refractivity contribution is -0.138. The lowest BCUT2D eigenvalue weighted by Gasteiger charge is -2.27. The fourth-order valence-corrected chi connectivity index (χ4v) is 6.23. The van der Waals surface area contributed by atoms with Crippen LogP contribution in [0.2, 0.25) is 0 Å². The Kier molecular flexibility index (Phi) is 5.17. The lowest BCUT2D eigenvalue weighted by atomic mass is 10.0. The van der Waals surface area contributed by atoms with Crippen LogP contribution in [0.1, 0.15) is 18.0 Å². The zero-order chi connectivity index (χ0) is 19.6. The topological polar surface area (TPSA) is 66.4 Å². The molecular weight excluding hydrogens is 369 g/mol. The van der Waals surface area contributed by atoms with Gasteiger partial charge in [0.2, 0.25) is 7.29 Å². The van der Waals surface area contributed by atoms with E-state index in [0.29, 0.717) is 6.42 Å². The number of carboxylic acid groups (broad SMARTS) is 1. The first-order chi connectivity index (χ1) is 13.6. The predicted molar refractivity (Wildman–Crippen MR) is 111 cm³/mol. The lowest BCUT2D eigenvalue weighted by Crippen LogP contribution is -2.32. The summed E-state index contributed by atoms with van der Waals surface area (Å²) in [6.07, 6.45) is 0.589. The minimum atomic E-state index is -3.16. The molecule has 0 heterocycles. The zero-order valence-electron chi connectivity index (χ0n) is 15.3. The van der Waals surface area contributed by atoms with Crippen LogP contribution in [0.4, 0.5) is 0 Å². The van der Waals surface area contributed by atoms with Crippen LogP contribution in [-0.4, -0.2) is 11.1 Å². The highest BCUT2D eigenvalue weighted by Crippen LogP contribution is 2.52. The smallest absolute Gasteiger partial charge is 0.306 e. The largest absolute Gasteiger partial charge is 0.481 e. The Hall–Kier alpha value is -2.68. The molecule has 0 radical (unpaired) electrons. The summed E-state index contributed by atoms with van der Waals surface area (Å²) >= 11 is 0. The van der Waals surface area contributed by atoms with E-state index in [-0.39, 0.29) is 12.0 Å². The molecule has 0 amide bonds. The Labute approximate surface area is 164 Å². The monoisotopic (exact) mass is 391 g/mol. The van der Waals surface area contributed by atoms with E-state index in [4.69, 9.17) is 0 Å². The third kappa shape index (κ3) is 3.66. The van der Waals surface area contributed by atoms with Crippen LogP contribution in [0.5, 0.6) is 0 Å². The van der Waals surface area contributed by atoms with Gasteiger partial charge in [-0.1, -0.05) is 66.7 Å². The first-order valence-corrected chi connectivity index (χ1v) is 11.1. The number of hydrogen-bond acceptors (Lipinski definition) is 2. The van der Waals surface area contributed by atoms with Gasteiger partial charge in [-0.15, -0.1) is 0 Å². The maximum atomic E-state index is 14.4. The van der Waals surface area contributed by atoms with Gasteiger partial charge in [-0.2, -0.15) is 0 Å². The van der Waals surface area contributed by atoms with Crippen molar-refractivity contribution >= 4 is 23.9 Å². The highest BCUT2D eigenvalue weighted by molar-refractivity contribution is 7.76. The molecule has 28 heavy (non-hydrogen) atoms. The number of hydrogen-bond donors (Lipinski definition) is 2. The molecule has 3 aromatic carbocycles. The van der Waals surface area contributed by atoms with E-state index in [2.05, 4.69) is 5.09 Å². The second kappa shape index (κ2) is 7.75. The molecule has 4 rings (SSSR count). The fourth-order valence-electron chi connectivity index (χ4n) is 3.71. The average Bonchev–Trinajstić information content (AvgIpc) is 3.55. The molecule has 1 aliphatic rings. The molecule has 0 aliphatic heterocycles. The summed E-state index contributed by atoms with van der Waals surface area (Å²) in [4.78, 5) is 11.5. The van der Waals surface area contributed by atoms with E-state index in [0.717, 1.165) is 16.2 Å². The van der Waals surface area contributed by atoms with Crippen LogP contribution in [0.25, 0.3) is 0 Å². The van der Waals surface area contributed by atoms with Crippen LogP contribution in [-0.2, 0) is 9.36 Å². The van der Waals surface area contributed by atoms with Crippen LogP contribution < -0.4 is 15.7 Å². The highest BCUT2D eigenvalue weighted by Gasteiger charge is 2.50. The van der Waals surface area contributed by atoms with Crippen molar-refractivity contribution in [2.75, 3.05) is 0 Å². The Balaban J connectivity index is 1.77. The van der Waals surface area contributed by atoms with Crippen molar-refractivity contribution in [1.29, 1.82) is 0 Å². The van der Waals surface area contributed by atoms with E-state index < -0.39 is 19.2 Å². The molecule has 1 saturated carbocycles. The van der Waals surface area contributed by atoms with E-state index in [9.17, 15) is 14.5 Å². The van der Waals surface area contributed by atoms with E-state index >= 15 is 0 Å². The predicted octanol–water partition coefficient (Wildman–Crippen LogP) is 3.97. The van der Waals surface area contributed by atoms with Gasteiger partial charge >= 0.3 is 5.97 Å². The fraction of sp³-hybridized carbons (Fsp3) is 0.174. The summed E-state index contributed by atoms with van der Waals surface area (Å²) in [5.41, 5.74) is 0.961. The third-order valence-corrected chi connectivity index (χ3v) is 8.00. The van der Waals surface area contributed by atoms with Gasteiger partial charge in [-0.3, -0.25) is 14.4 Å². The minimum Gasteiger partial charge on any atom is -0.481 e. The van der Waals surface area contributed by atoms with Crippen molar-refractivity contribution in [2.24, 2.45) is 11.8 Å². The van der Waals surface area contributed by atoms with Gasteiger partial charge in [-0.25, -0.2) is 0 Å². The van der Waals surface area contributed by atoms with Crippen molar-refractivity contribution in [1.82, 2.24) is 5.09 Å². The van der Waals surface area contributed by atoms with E-state index in [1.165, 1.54) is 0 Å². The van der Waals surface area contributed by atoms with Crippen molar-refractivity contribution in [3.63, 3.8) is 0 Å². The third-order valence-electron chi connectivity index (χ3n) is 5.30. The quantitative estimate of drug-likeness (QED) is 0.598. The summed E-state index contributed by atoms with van der Waals surface area (Å²) < 4.78 is 14.4. The average molecular weight is 391 g/mol. The molecule has 0 spiro atoms. The molecule has 1 aliphatic carbocycles. The Morgan fingerprint density at radius 3 is 1.75 bits per heavy atom. The van der Waals surface area contributed by atoms with Crippen molar-refractivity contribution in [3.05, 3.63) is 96.6 Å². The first kappa shape index (κ1) is 18.7. The molecule has 142 valence electrons. The molecule has 3 atom stereocenters. The number of rotatable bonds is 7. The Morgan fingerprint density at radius 2 is 1.32 bits per heavy atom. The summed E-state index contributed by atoms with van der Waals surface area (Å²) in [6, 6.07) is 28.2. The van der Waals surface area contributed by atoms with Gasteiger partial charge in [0, 0.05) is 16.7 Å². The summed E-state index contributed by atoms with van der Waals surface area (Å²) in [7, 11) is -3.16. The second-order valence-corrected chi connectivity index (χ2v) is 9.65. The molecule has 0 unspecified atom stereocenters. The number of benzene rings is 3. The van der Waals surface area contributed by atoms with E-state index in [1.54, 1.807) is 0 Å². The van der Waals surface area contributed by atoms with Gasteiger partial charge in [0.1, 0.15) is 0 Å². The van der Waals surface area contributed by atoms with Crippen LogP contribution >= 0.6 is 7.29 Å². The molecular formula is C23H22NO3P. The van der Waals surface area contributed by atoms with Crippen molar-refractivity contribution < 1.29 is 14.5 Å². The standard InChI is InChI=1S/C23H22NO3P/c25-23(26)21-16-20(21)22(17-10-4-1-5-11-17)24-28(27,18-12-6-2-7-13-18)19-14-8-3-9-15-19/h1-15,20-22H,16H2,(H,24,27)(H,25,26)/t20-,21+,22-/m0/s1. The van der Waals surface area contributed by atoms with Crippen LogP contribution in [0.15, 0.2) is 91.0 Å². The number of aliphatic carboxylic acids is 1. The molecule has 0 aromatic heterocycles. The molecule has 0 saturated heterocycles. The molecule has 5 heteroatoms.